The highest BCUT2D eigenvalue weighted by atomic mass is 14.4. The smallest absolute Gasteiger partial charge is 0.0159 e. The van der Waals surface area contributed by atoms with Crippen LogP contribution in [0.25, 0.3) is 109 Å². The summed E-state index contributed by atoms with van der Waals surface area (Å²) in [5.41, 5.74) is 15.4. The van der Waals surface area contributed by atoms with Gasteiger partial charge in [-0.05, 0) is 163 Å². The van der Waals surface area contributed by atoms with Crippen molar-refractivity contribution in [3.8, 4) is 55.6 Å². The predicted octanol–water partition coefficient (Wildman–Crippen LogP) is 16.4. The van der Waals surface area contributed by atoms with Crippen molar-refractivity contribution in [2.75, 3.05) is 0 Å². The van der Waals surface area contributed by atoms with Crippen LogP contribution in [0.5, 0.6) is 0 Å². The van der Waals surface area contributed by atoms with Crippen LogP contribution in [-0.4, -0.2) is 0 Å². The fraction of sp³-hybridized carbons (Fsp3) is 0.0508. The molecule has 0 atom stereocenters. The minimum atomic E-state index is -0.110. The van der Waals surface area contributed by atoms with E-state index in [0.717, 1.165) is 0 Å². The van der Waals surface area contributed by atoms with Crippen LogP contribution in [0.15, 0.2) is 206 Å². The van der Waals surface area contributed by atoms with Gasteiger partial charge >= 0.3 is 0 Å². The summed E-state index contributed by atoms with van der Waals surface area (Å²) in [4.78, 5) is 0. The second-order valence-corrected chi connectivity index (χ2v) is 16.9. The zero-order valence-corrected chi connectivity index (χ0v) is 33.1. The van der Waals surface area contributed by atoms with Crippen molar-refractivity contribution in [3.63, 3.8) is 0 Å². The largest absolute Gasteiger partial charge is 0.0616 e. The third-order valence-electron chi connectivity index (χ3n) is 13.2. The van der Waals surface area contributed by atoms with Crippen LogP contribution in [0.4, 0.5) is 0 Å². The predicted molar refractivity (Wildman–Crippen MR) is 253 cm³/mol. The number of fused-ring (bicyclic) bond motifs is 10. The number of rotatable bonds is 4. The van der Waals surface area contributed by atoms with Gasteiger partial charge in [0.15, 0.2) is 0 Å². The van der Waals surface area contributed by atoms with E-state index in [4.69, 9.17) is 0 Å². The van der Waals surface area contributed by atoms with Crippen LogP contribution in [0, 0.1) is 0 Å². The molecule has 0 aromatic heterocycles. The summed E-state index contributed by atoms with van der Waals surface area (Å²) in [5.74, 6) is 0. The fourth-order valence-electron chi connectivity index (χ4n) is 10.1. The molecular weight excluding hydrogens is 709 g/mol. The lowest BCUT2D eigenvalue weighted by Gasteiger charge is -2.22. The molecule has 0 saturated carbocycles. The van der Waals surface area contributed by atoms with Crippen molar-refractivity contribution in [1.29, 1.82) is 0 Å². The zero-order valence-electron chi connectivity index (χ0n) is 33.1. The van der Waals surface area contributed by atoms with Gasteiger partial charge in [-0.2, -0.15) is 0 Å². The van der Waals surface area contributed by atoms with E-state index >= 15 is 0 Å². The van der Waals surface area contributed by atoms with E-state index in [-0.39, 0.29) is 5.41 Å². The number of hydrogen-bond acceptors (Lipinski definition) is 0. The van der Waals surface area contributed by atoms with Crippen LogP contribution < -0.4 is 0 Å². The van der Waals surface area contributed by atoms with Crippen LogP contribution in [0.3, 0.4) is 0 Å². The fourth-order valence-corrected chi connectivity index (χ4v) is 10.1. The Kier molecular flexibility index (Phi) is 7.38. The molecule has 0 fully saturated rings. The summed E-state index contributed by atoms with van der Waals surface area (Å²) in [5, 5.41) is 12.8. The molecule has 0 bridgehead atoms. The van der Waals surface area contributed by atoms with Crippen LogP contribution >= 0.6 is 0 Å². The van der Waals surface area contributed by atoms with Crippen molar-refractivity contribution in [2.24, 2.45) is 0 Å². The van der Waals surface area contributed by atoms with Gasteiger partial charge in [-0.3, -0.25) is 0 Å². The second kappa shape index (κ2) is 12.9. The minimum absolute atomic E-state index is 0.110. The standard InChI is InChI=1S/C59H40/c1-59(2)56-35-46(44-20-18-37-10-3-4-12-39(37)30-44)26-28-52(56)53-29-27-47(36-57(53)59)45-24-23-42-31-41(21-22-43(42)32-45)40-13-9-14-48(33-40)55-34-49-25-19-38-11-5-6-15-50(38)58(49)54-17-8-7-16-51(54)55/h3-36H,1-2H3. The maximum Gasteiger partial charge on any atom is 0.0159 e. The average molecular weight is 749 g/mol. The third-order valence-corrected chi connectivity index (χ3v) is 13.2. The molecule has 0 spiro atoms. The van der Waals surface area contributed by atoms with Gasteiger partial charge in [-0.25, -0.2) is 0 Å². The summed E-state index contributed by atoms with van der Waals surface area (Å²) >= 11 is 0. The zero-order chi connectivity index (χ0) is 39.2. The Hall–Kier alpha value is -7.28. The number of benzene rings is 11. The molecule has 0 heteroatoms. The highest BCUT2D eigenvalue weighted by Gasteiger charge is 2.36. The molecule has 0 N–H and O–H groups in total. The molecule has 1 aliphatic carbocycles. The Morgan fingerprint density at radius 3 is 1.36 bits per heavy atom. The molecule has 12 rings (SSSR count). The lowest BCUT2D eigenvalue weighted by Crippen LogP contribution is -2.15. The van der Waals surface area contributed by atoms with E-state index < -0.39 is 0 Å². The number of hydrogen-bond donors (Lipinski definition) is 0. The van der Waals surface area contributed by atoms with Crippen LogP contribution in [0.1, 0.15) is 25.0 Å². The second-order valence-electron chi connectivity index (χ2n) is 16.9. The average Bonchev–Trinajstić information content (AvgIpc) is 3.52. The van der Waals surface area contributed by atoms with Gasteiger partial charge in [0.25, 0.3) is 0 Å². The quantitative estimate of drug-likeness (QED) is 0.157. The monoisotopic (exact) mass is 748 g/mol. The summed E-state index contributed by atoms with van der Waals surface area (Å²) in [6, 6.07) is 77.0. The molecule has 0 aliphatic heterocycles. The van der Waals surface area contributed by atoms with Crippen LogP contribution in [0.2, 0.25) is 0 Å². The van der Waals surface area contributed by atoms with Gasteiger partial charge in [0.2, 0.25) is 0 Å². The van der Waals surface area contributed by atoms with E-state index in [1.807, 2.05) is 0 Å². The van der Waals surface area contributed by atoms with Crippen molar-refractivity contribution < 1.29 is 0 Å². The molecular formula is C59H40. The molecule has 11 aromatic carbocycles. The Morgan fingerprint density at radius 2 is 0.695 bits per heavy atom. The van der Waals surface area contributed by atoms with E-state index in [9.17, 15) is 0 Å². The Labute approximate surface area is 344 Å². The summed E-state index contributed by atoms with van der Waals surface area (Å²) in [6.45, 7) is 4.76. The first-order valence-corrected chi connectivity index (χ1v) is 20.7. The first-order chi connectivity index (χ1) is 29.0. The highest BCUT2D eigenvalue weighted by molar-refractivity contribution is 6.23. The maximum absolute atomic E-state index is 2.44. The van der Waals surface area contributed by atoms with Gasteiger partial charge < -0.3 is 0 Å². The lowest BCUT2D eigenvalue weighted by molar-refractivity contribution is 0.661. The molecule has 276 valence electrons. The van der Waals surface area contributed by atoms with E-state index in [2.05, 4.69) is 220 Å². The summed E-state index contributed by atoms with van der Waals surface area (Å²) < 4.78 is 0. The first kappa shape index (κ1) is 33.8. The van der Waals surface area contributed by atoms with Crippen molar-refractivity contribution in [3.05, 3.63) is 217 Å². The molecule has 0 amide bonds. The maximum atomic E-state index is 2.44. The Morgan fingerprint density at radius 1 is 0.254 bits per heavy atom. The van der Waals surface area contributed by atoms with Gasteiger partial charge in [0.05, 0.1) is 0 Å². The Bertz CT molecular complexity index is 3530. The van der Waals surface area contributed by atoms with E-state index in [1.54, 1.807) is 0 Å². The molecule has 0 saturated heterocycles. The van der Waals surface area contributed by atoms with Gasteiger partial charge in [-0.15, -0.1) is 0 Å². The minimum Gasteiger partial charge on any atom is -0.0616 e. The summed E-state index contributed by atoms with van der Waals surface area (Å²) in [7, 11) is 0. The Balaban J connectivity index is 0.869. The molecule has 0 radical (unpaired) electrons. The van der Waals surface area contributed by atoms with E-state index in [0.29, 0.717) is 0 Å². The van der Waals surface area contributed by atoms with Gasteiger partial charge in [0, 0.05) is 5.41 Å². The van der Waals surface area contributed by atoms with Gasteiger partial charge in [0.1, 0.15) is 0 Å². The lowest BCUT2D eigenvalue weighted by atomic mass is 9.80. The highest BCUT2D eigenvalue weighted by Crippen LogP contribution is 2.51. The first-order valence-electron chi connectivity index (χ1n) is 20.7. The molecule has 1 aliphatic rings. The van der Waals surface area contributed by atoms with Crippen molar-refractivity contribution >= 4 is 53.9 Å². The normalized spacial score (nSPS) is 13.1. The van der Waals surface area contributed by atoms with Crippen LogP contribution in [-0.2, 0) is 5.41 Å². The third kappa shape index (κ3) is 5.37. The molecule has 0 nitrogen and oxygen atoms in total. The topological polar surface area (TPSA) is 0 Å². The molecule has 0 heterocycles. The van der Waals surface area contributed by atoms with Crippen molar-refractivity contribution in [1.82, 2.24) is 0 Å². The molecule has 0 unspecified atom stereocenters. The molecule has 11 aromatic rings. The summed E-state index contributed by atoms with van der Waals surface area (Å²) in [6.07, 6.45) is 0. The van der Waals surface area contributed by atoms with Crippen molar-refractivity contribution in [2.45, 2.75) is 19.3 Å². The SMILES string of the molecule is CC1(C)c2cc(-c3ccc4ccccc4c3)ccc2-c2ccc(-c3ccc4cc(-c5cccc(-c6cc7ccc8ccccc8c7c7ccccc67)c5)ccc4c3)cc21. The molecule has 59 heavy (non-hydrogen) atoms. The van der Waals surface area contributed by atoms with E-state index in [1.165, 1.54) is 121 Å². The van der Waals surface area contributed by atoms with Gasteiger partial charge in [-0.1, -0.05) is 178 Å².